The van der Waals surface area contributed by atoms with Crippen molar-refractivity contribution in [1.29, 1.82) is 0 Å². The molecule has 2 rings (SSSR count). The minimum absolute atomic E-state index is 0.343. The van der Waals surface area contributed by atoms with Crippen LogP contribution in [-0.4, -0.2) is 36.1 Å². The minimum Gasteiger partial charge on any atom is -0.474 e. The standard InChI is InChI=1S/C12H18N2O/c1-10-3-6-13-12(9-10)15-11-4-7-14(2)8-5-11/h3,6,9,11H,4-5,7-8H2,1-2H3. The van der Waals surface area contributed by atoms with E-state index in [1.165, 1.54) is 5.56 Å². The van der Waals surface area contributed by atoms with Crippen molar-refractivity contribution >= 4 is 0 Å². The molecule has 1 aliphatic heterocycles. The summed E-state index contributed by atoms with van der Waals surface area (Å²) in [6.07, 6.45) is 4.35. The average molecular weight is 206 g/mol. The highest BCUT2D eigenvalue weighted by Crippen LogP contribution is 2.16. The molecule has 1 aromatic rings. The van der Waals surface area contributed by atoms with Crippen LogP contribution < -0.4 is 4.74 Å². The van der Waals surface area contributed by atoms with Crippen molar-refractivity contribution in [2.24, 2.45) is 0 Å². The van der Waals surface area contributed by atoms with E-state index in [4.69, 9.17) is 4.74 Å². The summed E-state index contributed by atoms with van der Waals surface area (Å²) in [7, 11) is 2.15. The first-order valence-electron chi connectivity index (χ1n) is 5.52. The molecule has 0 saturated carbocycles. The van der Waals surface area contributed by atoms with Crippen LogP contribution in [-0.2, 0) is 0 Å². The summed E-state index contributed by atoms with van der Waals surface area (Å²) in [6, 6.07) is 3.99. The Labute approximate surface area is 91.1 Å². The van der Waals surface area contributed by atoms with Crippen molar-refractivity contribution in [1.82, 2.24) is 9.88 Å². The zero-order valence-corrected chi connectivity index (χ0v) is 9.44. The lowest BCUT2D eigenvalue weighted by molar-refractivity contribution is 0.110. The highest BCUT2D eigenvalue weighted by molar-refractivity contribution is 5.18. The van der Waals surface area contributed by atoms with E-state index >= 15 is 0 Å². The number of pyridine rings is 1. The Hall–Kier alpha value is -1.09. The van der Waals surface area contributed by atoms with Crippen LogP contribution in [0.3, 0.4) is 0 Å². The van der Waals surface area contributed by atoms with E-state index in [1.54, 1.807) is 6.20 Å². The number of hydrogen-bond acceptors (Lipinski definition) is 3. The number of likely N-dealkylation sites (tertiary alicyclic amines) is 1. The summed E-state index contributed by atoms with van der Waals surface area (Å²) in [4.78, 5) is 6.55. The number of hydrogen-bond donors (Lipinski definition) is 0. The molecular weight excluding hydrogens is 188 g/mol. The van der Waals surface area contributed by atoms with Crippen LogP contribution in [0.5, 0.6) is 5.88 Å². The monoisotopic (exact) mass is 206 g/mol. The molecule has 3 nitrogen and oxygen atoms in total. The highest BCUT2D eigenvalue weighted by Gasteiger charge is 2.18. The number of nitrogens with zero attached hydrogens (tertiary/aromatic N) is 2. The van der Waals surface area contributed by atoms with E-state index in [1.807, 2.05) is 12.1 Å². The SMILES string of the molecule is Cc1ccnc(OC2CCN(C)CC2)c1. The van der Waals surface area contributed by atoms with Gasteiger partial charge in [-0.15, -0.1) is 0 Å². The molecule has 1 aromatic heterocycles. The third kappa shape index (κ3) is 2.93. The van der Waals surface area contributed by atoms with Gasteiger partial charge in [-0.05, 0) is 38.4 Å². The van der Waals surface area contributed by atoms with Crippen molar-refractivity contribution in [2.45, 2.75) is 25.9 Å². The van der Waals surface area contributed by atoms with E-state index in [0.29, 0.717) is 6.10 Å². The van der Waals surface area contributed by atoms with Crippen LogP contribution in [0.25, 0.3) is 0 Å². The summed E-state index contributed by atoms with van der Waals surface area (Å²) in [5.41, 5.74) is 1.20. The van der Waals surface area contributed by atoms with Crippen LogP contribution in [0.4, 0.5) is 0 Å². The van der Waals surface area contributed by atoms with Crippen LogP contribution in [0.1, 0.15) is 18.4 Å². The van der Waals surface area contributed by atoms with Gasteiger partial charge in [-0.25, -0.2) is 4.98 Å². The molecule has 2 heterocycles. The van der Waals surface area contributed by atoms with Gasteiger partial charge in [0.15, 0.2) is 0 Å². The van der Waals surface area contributed by atoms with E-state index in [-0.39, 0.29) is 0 Å². The lowest BCUT2D eigenvalue weighted by atomic mass is 10.1. The zero-order chi connectivity index (χ0) is 10.7. The minimum atomic E-state index is 0.343. The maximum Gasteiger partial charge on any atom is 0.213 e. The van der Waals surface area contributed by atoms with Gasteiger partial charge in [-0.2, -0.15) is 0 Å². The topological polar surface area (TPSA) is 25.4 Å². The summed E-state index contributed by atoms with van der Waals surface area (Å²) in [6.45, 7) is 4.30. The fourth-order valence-corrected chi connectivity index (χ4v) is 1.85. The van der Waals surface area contributed by atoms with Gasteiger partial charge in [0.2, 0.25) is 5.88 Å². The Morgan fingerprint density at radius 3 is 2.80 bits per heavy atom. The number of ether oxygens (including phenoxy) is 1. The highest BCUT2D eigenvalue weighted by atomic mass is 16.5. The van der Waals surface area contributed by atoms with E-state index in [2.05, 4.69) is 23.9 Å². The molecule has 82 valence electrons. The molecule has 0 aromatic carbocycles. The molecule has 3 heteroatoms. The maximum absolute atomic E-state index is 5.85. The molecule has 0 bridgehead atoms. The zero-order valence-electron chi connectivity index (χ0n) is 9.44. The summed E-state index contributed by atoms with van der Waals surface area (Å²) in [5.74, 6) is 0.768. The Morgan fingerprint density at radius 1 is 1.40 bits per heavy atom. The molecule has 1 fully saturated rings. The quantitative estimate of drug-likeness (QED) is 0.738. The summed E-state index contributed by atoms with van der Waals surface area (Å²) >= 11 is 0. The third-order valence-electron chi connectivity index (χ3n) is 2.84. The Bertz CT molecular complexity index is 319. The van der Waals surface area contributed by atoms with Gasteiger partial charge < -0.3 is 9.64 Å². The molecule has 0 aliphatic carbocycles. The normalized spacial score (nSPS) is 19.1. The van der Waals surface area contributed by atoms with Crippen LogP contribution in [0.15, 0.2) is 18.3 Å². The van der Waals surface area contributed by atoms with Gasteiger partial charge in [0.05, 0.1) is 0 Å². The van der Waals surface area contributed by atoms with Gasteiger partial charge in [0.25, 0.3) is 0 Å². The second-order valence-corrected chi connectivity index (χ2v) is 4.29. The van der Waals surface area contributed by atoms with Gasteiger partial charge >= 0.3 is 0 Å². The first kappa shape index (κ1) is 10.4. The van der Waals surface area contributed by atoms with Crippen LogP contribution in [0, 0.1) is 6.92 Å². The molecule has 0 radical (unpaired) electrons. The fourth-order valence-electron chi connectivity index (χ4n) is 1.85. The number of piperidine rings is 1. The van der Waals surface area contributed by atoms with Crippen molar-refractivity contribution < 1.29 is 4.74 Å². The number of aryl methyl sites for hydroxylation is 1. The second-order valence-electron chi connectivity index (χ2n) is 4.29. The molecule has 15 heavy (non-hydrogen) atoms. The van der Waals surface area contributed by atoms with Gasteiger partial charge in [-0.1, -0.05) is 0 Å². The van der Waals surface area contributed by atoms with Crippen molar-refractivity contribution in [3.63, 3.8) is 0 Å². The van der Waals surface area contributed by atoms with Crippen LogP contribution in [0.2, 0.25) is 0 Å². The van der Waals surface area contributed by atoms with Crippen LogP contribution >= 0.6 is 0 Å². The van der Waals surface area contributed by atoms with E-state index in [9.17, 15) is 0 Å². The van der Waals surface area contributed by atoms with Crippen molar-refractivity contribution in [3.05, 3.63) is 23.9 Å². The van der Waals surface area contributed by atoms with Crippen molar-refractivity contribution in [3.8, 4) is 5.88 Å². The molecule has 0 unspecified atom stereocenters. The van der Waals surface area contributed by atoms with Gasteiger partial charge in [0, 0.05) is 25.4 Å². The molecule has 0 N–H and O–H groups in total. The predicted octanol–water partition coefficient (Wildman–Crippen LogP) is 1.86. The fraction of sp³-hybridized carbons (Fsp3) is 0.583. The maximum atomic E-state index is 5.85. The molecule has 1 saturated heterocycles. The lowest BCUT2D eigenvalue weighted by Crippen LogP contribution is -2.35. The number of aromatic nitrogens is 1. The first-order valence-corrected chi connectivity index (χ1v) is 5.52. The third-order valence-corrected chi connectivity index (χ3v) is 2.84. The second kappa shape index (κ2) is 4.62. The molecule has 1 aliphatic rings. The largest absolute Gasteiger partial charge is 0.474 e. The molecule has 0 amide bonds. The van der Waals surface area contributed by atoms with Gasteiger partial charge in [0.1, 0.15) is 6.10 Å². The first-order chi connectivity index (χ1) is 7.24. The van der Waals surface area contributed by atoms with E-state index in [0.717, 1.165) is 31.8 Å². The lowest BCUT2D eigenvalue weighted by Gasteiger charge is -2.28. The number of rotatable bonds is 2. The summed E-state index contributed by atoms with van der Waals surface area (Å²) < 4.78 is 5.85. The molecule has 0 spiro atoms. The molecular formula is C12H18N2O. The smallest absolute Gasteiger partial charge is 0.213 e. The predicted molar refractivity (Wildman–Crippen MR) is 60.1 cm³/mol. The average Bonchev–Trinajstić information content (AvgIpc) is 2.22. The Morgan fingerprint density at radius 2 is 2.13 bits per heavy atom. The van der Waals surface area contributed by atoms with E-state index < -0.39 is 0 Å². The molecule has 0 atom stereocenters. The Kier molecular flexibility index (Phi) is 3.21. The van der Waals surface area contributed by atoms with Crippen molar-refractivity contribution in [2.75, 3.05) is 20.1 Å². The van der Waals surface area contributed by atoms with Gasteiger partial charge in [-0.3, -0.25) is 0 Å². The Balaban J connectivity index is 1.92. The summed E-state index contributed by atoms with van der Waals surface area (Å²) in [5, 5.41) is 0.